The molecule has 5 rings (SSSR count). The van der Waals surface area contributed by atoms with Crippen LogP contribution in [-0.4, -0.2) is 19.4 Å². The van der Waals surface area contributed by atoms with Gasteiger partial charge in [-0.05, 0) is 53.1 Å². The quantitative estimate of drug-likeness (QED) is 0.104. The Morgan fingerprint density at radius 1 is 0.822 bits per heavy atom. The monoisotopic (exact) mass is 636 g/mol. The molecule has 0 aliphatic carbocycles. The van der Waals surface area contributed by atoms with E-state index in [4.69, 9.17) is 14.2 Å². The summed E-state index contributed by atoms with van der Waals surface area (Å²) in [5.74, 6) is -4.71. The van der Waals surface area contributed by atoms with E-state index >= 15 is 8.78 Å². The van der Waals surface area contributed by atoms with Crippen LogP contribution < -0.4 is 4.74 Å². The van der Waals surface area contributed by atoms with Gasteiger partial charge in [0, 0.05) is 22.8 Å². The highest BCUT2D eigenvalue weighted by Gasteiger charge is 2.26. The van der Waals surface area contributed by atoms with Gasteiger partial charge in [0.25, 0.3) is 0 Å². The summed E-state index contributed by atoms with van der Waals surface area (Å²) >= 11 is 0. The van der Waals surface area contributed by atoms with E-state index in [2.05, 4.69) is 6.92 Å². The Hall–Kier alpha value is -3.88. The van der Waals surface area contributed by atoms with Crippen LogP contribution in [0.5, 0.6) is 5.75 Å². The fraction of sp³-hybridized carbons (Fsp3) is 0.353. The van der Waals surface area contributed by atoms with Gasteiger partial charge in [0.15, 0.2) is 29.5 Å². The lowest BCUT2D eigenvalue weighted by molar-refractivity contribution is -0.206. The van der Waals surface area contributed by atoms with Crippen molar-refractivity contribution >= 4 is 21.5 Å². The van der Waals surface area contributed by atoms with Gasteiger partial charge in [-0.3, -0.25) is 0 Å². The fourth-order valence-corrected chi connectivity index (χ4v) is 5.33. The molecule has 0 radical (unpaired) electrons. The Bertz CT molecular complexity index is 1770. The molecule has 238 valence electrons. The molecule has 0 aromatic heterocycles. The lowest BCUT2D eigenvalue weighted by Gasteiger charge is -2.30. The van der Waals surface area contributed by atoms with Gasteiger partial charge >= 0.3 is 6.18 Å². The number of hydrogen-bond acceptors (Lipinski definition) is 3. The molecule has 11 heteroatoms. The molecule has 45 heavy (non-hydrogen) atoms. The zero-order valence-corrected chi connectivity index (χ0v) is 24.1. The zero-order valence-electron chi connectivity index (χ0n) is 24.1. The normalized spacial score (nSPS) is 17.0. The second-order valence-electron chi connectivity index (χ2n) is 11.0. The largest absolute Gasteiger partial charge is 0.483 e. The smallest absolute Gasteiger partial charge is 0.458 e. The molecule has 0 bridgehead atoms. The van der Waals surface area contributed by atoms with E-state index in [1.54, 1.807) is 12.1 Å². The first-order valence-corrected chi connectivity index (χ1v) is 14.4. The van der Waals surface area contributed by atoms with Gasteiger partial charge in [0.2, 0.25) is 0 Å². The average molecular weight is 637 g/mol. The molecule has 1 saturated heterocycles. The van der Waals surface area contributed by atoms with Crippen LogP contribution in [0.25, 0.3) is 21.5 Å². The van der Waals surface area contributed by atoms with Crippen LogP contribution in [-0.2, 0) is 16.1 Å². The minimum absolute atomic E-state index is 0.0427. The van der Waals surface area contributed by atoms with Crippen molar-refractivity contribution in [3.05, 3.63) is 88.2 Å². The van der Waals surface area contributed by atoms with Crippen LogP contribution in [0.1, 0.15) is 62.0 Å². The molecule has 1 aliphatic rings. The Balaban J connectivity index is 1.31. The Labute approximate surface area is 254 Å². The SMILES string of the molecule is CCCCCCC1COC(c2ccc3c(F)c(OCc4cc(F)c5c(F)c(C#CC(F)(F)F)c(F)cc5c4)c(F)cc3c2)OC1. The van der Waals surface area contributed by atoms with E-state index in [0.29, 0.717) is 24.8 Å². The first-order valence-electron chi connectivity index (χ1n) is 14.4. The molecular weight excluding hydrogens is 608 g/mol. The topological polar surface area (TPSA) is 27.7 Å². The summed E-state index contributed by atoms with van der Waals surface area (Å²) in [6.07, 6.45) is -0.0697. The number of alkyl halides is 3. The van der Waals surface area contributed by atoms with E-state index in [0.717, 1.165) is 49.8 Å². The summed E-state index contributed by atoms with van der Waals surface area (Å²) < 4.78 is 129. The predicted molar refractivity (Wildman–Crippen MR) is 152 cm³/mol. The summed E-state index contributed by atoms with van der Waals surface area (Å²) in [6.45, 7) is 2.60. The van der Waals surface area contributed by atoms with Gasteiger partial charge in [-0.15, -0.1) is 0 Å². The molecule has 1 heterocycles. The molecule has 0 atom stereocenters. The molecule has 4 aromatic carbocycles. The highest BCUT2D eigenvalue weighted by molar-refractivity contribution is 5.87. The molecule has 3 nitrogen and oxygen atoms in total. The van der Waals surface area contributed by atoms with E-state index in [9.17, 15) is 26.3 Å². The highest BCUT2D eigenvalue weighted by Crippen LogP contribution is 2.35. The summed E-state index contributed by atoms with van der Waals surface area (Å²) in [5.41, 5.74) is -0.690. The van der Waals surface area contributed by atoms with E-state index in [1.807, 2.05) is 0 Å². The Kier molecular flexibility index (Phi) is 9.85. The van der Waals surface area contributed by atoms with Crippen LogP contribution in [0.2, 0.25) is 0 Å². The van der Waals surface area contributed by atoms with Gasteiger partial charge in [-0.2, -0.15) is 13.2 Å². The predicted octanol–water partition coefficient (Wildman–Crippen LogP) is 9.81. The molecular formula is C34H28F8O3. The lowest BCUT2D eigenvalue weighted by atomic mass is 10.0. The van der Waals surface area contributed by atoms with Crippen LogP contribution >= 0.6 is 0 Å². The third-order valence-electron chi connectivity index (χ3n) is 7.57. The van der Waals surface area contributed by atoms with Crippen LogP contribution in [0.4, 0.5) is 35.1 Å². The van der Waals surface area contributed by atoms with Gasteiger partial charge in [0.1, 0.15) is 18.2 Å². The first kappa shape index (κ1) is 32.5. The van der Waals surface area contributed by atoms with Gasteiger partial charge in [-0.25, -0.2) is 22.0 Å². The van der Waals surface area contributed by atoms with E-state index in [1.165, 1.54) is 18.4 Å². The third kappa shape index (κ3) is 7.51. The zero-order chi connectivity index (χ0) is 32.3. The van der Waals surface area contributed by atoms with Crippen LogP contribution in [0.3, 0.4) is 0 Å². The van der Waals surface area contributed by atoms with Crippen molar-refractivity contribution in [3.63, 3.8) is 0 Å². The van der Waals surface area contributed by atoms with Crippen LogP contribution in [0, 0.1) is 46.8 Å². The Morgan fingerprint density at radius 2 is 1.56 bits per heavy atom. The second kappa shape index (κ2) is 13.6. The van der Waals surface area contributed by atoms with Crippen molar-refractivity contribution in [2.24, 2.45) is 5.92 Å². The summed E-state index contributed by atoms with van der Waals surface area (Å²) in [5, 5.41) is -0.862. The number of benzene rings is 4. The van der Waals surface area contributed by atoms with Crippen molar-refractivity contribution in [2.45, 2.75) is 58.1 Å². The molecule has 1 aliphatic heterocycles. The van der Waals surface area contributed by atoms with Gasteiger partial charge < -0.3 is 14.2 Å². The number of fused-ring (bicyclic) bond motifs is 2. The minimum atomic E-state index is -5.02. The fourth-order valence-electron chi connectivity index (χ4n) is 5.33. The first-order chi connectivity index (χ1) is 21.4. The van der Waals surface area contributed by atoms with E-state index in [-0.39, 0.29) is 27.6 Å². The average Bonchev–Trinajstić information content (AvgIpc) is 2.98. The summed E-state index contributed by atoms with van der Waals surface area (Å²) in [7, 11) is 0. The van der Waals surface area contributed by atoms with Gasteiger partial charge in [-0.1, -0.05) is 50.7 Å². The molecule has 0 saturated carbocycles. The number of halogens is 8. The van der Waals surface area contributed by atoms with Crippen molar-refractivity contribution in [1.82, 2.24) is 0 Å². The molecule has 4 aromatic rings. The van der Waals surface area contributed by atoms with Crippen molar-refractivity contribution in [2.75, 3.05) is 13.2 Å². The number of ether oxygens (including phenoxy) is 3. The third-order valence-corrected chi connectivity index (χ3v) is 7.57. The second-order valence-corrected chi connectivity index (χ2v) is 11.0. The van der Waals surface area contributed by atoms with Gasteiger partial charge in [0.05, 0.1) is 24.2 Å². The number of rotatable bonds is 9. The molecule has 0 N–H and O–H groups in total. The van der Waals surface area contributed by atoms with Crippen LogP contribution in [0.15, 0.2) is 42.5 Å². The molecule has 0 spiro atoms. The van der Waals surface area contributed by atoms with E-state index < -0.39 is 64.9 Å². The summed E-state index contributed by atoms with van der Waals surface area (Å²) in [6, 6.07) is 8.17. The summed E-state index contributed by atoms with van der Waals surface area (Å²) in [4.78, 5) is 0. The maximum atomic E-state index is 15.4. The number of hydrogen-bond donors (Lipinski definition) is 0. The van der Waals surface area contributed by atoms with Crippen molar-refractivity contribution in [3.8, 4) is 17.6 Å². The maximum Gasteiger partial charge on any atom is 0.458 e. The standard InChI is InChI=1S/C34H28F8O3/c1-2-3-4-5-6-19-16-44-33(45-17-19)21-7-8-24-22(13-21)14-28(37)32(31(24)39)43-18-20-11-23-15-26(35)25(9-10-34(40,41)42)30(38)29(23)27(36)12-20/h7-8,11-15,19,33H,2-6,16-18H2,1H3. The molecule has 0 amide bonds. The van der Waals surface area contributed by atoms with Crippen molar-refractivity contribution < 1.29 is 49.3 Å². The lowest BCUT2D eigenvalue weighted by Crippen LogP contribution is -2.27. The number of unbranched alkanes of at least 4 members (excludes halogenated alkanes) is 3. The molecule has 0 unspecified atom stereocenters. The molecule has 1 fully saturated rings. The maximum absolute atomic E-state index is 15.4. The minimum Gasteiger partial charge on any atom is -0.483 e. The highest BCUT2D eigenvalue weighted by atomic mass is 19.4. The van der Waals surface area contributed by atoms with Crippen molar-refractivity contribution in [1.29, 1.82) is 0 Å². The Morgan fingerprint density at radius 3 is 2.27 bits per heavy atom.